The minimum atomic E-state index is -0.392. The van der Waals surface area contributed by atoms with E-state index in [1.54, 1.807) is 0 Å². The van der Waals surface area contributed by atoms with Crippen LogP contribution in [-0.4, -0.2) is 61.7 Å². The number of hydrogen-bond donors (Lipinski definition) is 1. The second-order valence-corrected chi connectivity index (χ2v) is 10.6. The summed E-state index contributed by atoms with van der Waals surface area (Å²) in [5, 5.41) is 10.8. The van der Waals surface area contributed by atoms with Gasteiger partial charge in [0, 0.05) is 31.1 Å². The van der Waals surface area contributed by atoms with Gasteiger partial charge in [0.1, 0.15) is 24.2 Å². The van der Waals surface area contributed by atoms with Crippen molar-refractivity contribution in [1.29, 1.82) is 0 Å². The number of aliphatic hydroxyl groups excluding tert-OH is 1. The van der Waals surface area contributed by atoms with Crippen LogP contribution in [0.4, 0.5) is 0 Å². The Kier molecular flexibility index (Phi) is 8.01. The standard InChI is InChI=1S/C27H43NO4/c1-4-5-8-11-27(2,3)20-18-23(31-17-14-28-12-15-30-16-13-28)25-21-9-6-7-10-22(29)26(21)32-24(25)19-20/h18-19,21-22,26,29H,4-17H2,1-3H3. The minimum Gasteiger partial charge on any atom is -0.492 e. The van der Waals surface area contributed by atoms with Crippen molar-refractivity contribution in [1.82, 2.24) is 4.90 Å². The fourth-order valence-electron chi connectivity index (χ4n) is 5.58. The summed E-state index contributed by atoms with van der Waals surface area (Å²) in [5.41, 5.74) is 2.56. The molecule has 1 aliphatic carbocycles. The first-order chi connectivity index (χ1) is 15.5. The summed E-state index contributed by atoms with van der Waals surface area (Å²) in [6.07, 6.45) is 8.47. The molecule has 1 N–H and O–H groups in total. The van der Waals surface area contributed by atoms with Crippen LogP contribution in [0, 0.1) is 0 Å². The van der Waals surface area contributed by atoms with E-state index in [1.807, 2.05) is 0 Å². The van der Waals surface area contributed by atoms with Crippen LogP contribution < -0.4 is 9.47 Å². The molecule has 2 aliphatic heterocycles. The van der Waals surface area contributed by atoms with Gasteiger partial charge in [-0.3, -0.25) is 4.90 Å². The molecule has 0 radical (unpaired) electrons. The van der Waals surface area contributed by atoms with Crippen LogP contribution >= 0.6 is 0 Å². The zero-order chi connectivity index (χ0) is 22.6. The van der Waals surface area contributed by atoms with E-state index in [4.69, 9.17) is 14.2 Å². The van der Waals surface area contributed by atoms with Crippen molar-refractivity contribution in [2.75, 3.05) is 39.5 Å². The van der Waals surface area contributed by atoms with Crippen LogP contribution in [-0.2, 0) is 10.2 Å². The Balaban J connectivity index is 1.57. The number of unbranched alkanes of at least 4 members (excludes halogenated alkanes) is 2. The Morgan fingerprint density at radius 1 is 1.12 bits per heavy atom. The largest absolute Gasteiger partial charge is 0.492 e. The van der Waals surface area contributed by atoms with E-state index in [0.29, 0.717) is 6.61 Å². The van der Waals surface area contributed by atoms with Gasteiger partial charge in [-0.05, 0) is 42.4 Å². The molecule has 5 nitrogen and oxygen atoms in total. The van der Waals surface area contributed by atoms with Crippen molar-refractivity contribution < 1.29 is 19.3 Å². The first-order valence-electron chi connectivity index (χ1n) is 13.0. The molecule has 2 heterocycles. The predicted octanol–water partition coefficient (Wildman–Crippen LogP) is 5.04. The number of nitrogens with zero attached hydrogens (tertiary/aromatic N) is 1. The smallest absolute Gasteiger partial charge is 0.132 e. The zero-order valence-corrected chi connectivity index (χ0v) is 20.4. The van der Waals surface area contributed by atoms with Crippen molar-refractivity contribution in [2.45, 2.75) is 95.7 Å². The van der Waals surface area contributed by atoms with E-state index < -0.39 is 6.10 Å². The first-order valence-corrected chi connectivity index (χ1v) is 13.0. The summed E-state index contributed by atoms with van der Waals surface area (Å²) < 4.78 is 18.4. The molecule has 0 amide bonds. The van der Waals surface area contributed by atoms with Gasteiger partial charge in [-0.2, -0.15) is 0 Å². The Bertz CT molecular complexity index is 743. The maximum absolute atomic E-state index is 10.8. The highest BCUT2D eigenvalue weighted by atomic mass is 16.5. The van der Waals surface area contributed by atoms with Gasteiger partial charge in [-0.25, -0.2) is 0 Å². The van der Waals surface area contributed by atoms with E-state index in [2.05, 4.69) is 37.8 Å². The molecule has 1 saturated heterocycles. The van der Waals surface area contributed by atoms with Gasteiger partial charge in [0.05, 0.1) is 19.3 Å². The van der Waals surface area contributed by atoms with Crippen LogP contribution in [0.2, 0.25) is 0 Å². The number of aliphatic hydroxyl groups is 1. The fraction of sp³-hybridized carbons (Fsp3) is 0.778. The molecular formula is C27H43NO4. The van der Waals surface area contributed by atoms with E-state index in [1.165, 1.54) is 30.4 Å². The summed E-state index contributed by atoms with van der Waals surface area (Å²) in [6, 6.07) is 4.53. The SMILES string of the molecule is CCCCCC(C)(C)c1cc(OCCN2CCOCC2)c2c(c1)OC1C(O)CCCCC21. The van der Waals surface area contributed by atoms with Gasteiger partial charge in [0.2, 0.25) is 0 Å². The number of ether oxygens (including phenoxy) is 3. The third-order valence-electron chi connectivity index (χ3n) is 7.73. The van der Waals surface area contributed by atoms with Crippen molar-refractivity contribution in [2.24, 2.45) is 0 Å². The first kappa shape index (κ1) is 23.8. The topological polar surface area (TPSA) is 51.2 Å². The van der Waals surface area contributed by atoms with E-state index >= 15 is 0 Å². The number of hydrogen-bond acceptors (Lipinski definition) is 5. The van der Waals surface area contributed by atoms with Crippen LogP contribution in [0.15, 0.2) is 12.1 Å². The molecule has 3 unspecified atom stereocenters. The number of rotatable bonds is 9. The van der Waals surface area contributed by atoms with Crippen molar-refractivity contribution in [3.8, 4) is 11.5 Å². The molecule has 2 fully saturated rings. The molecule has 32 heavy (non-hydrogen) atoms. The number of benzene rings is 1. The molecule has 5 heteroatoms. The average Bonchev–Trinajstić information content (AvgIpc) is 3.07. The van der Waals surface area contributed by atoms with Gasteiger partial charge in [0.25, 0.3) is 0 Å². The van der Waals surface area contributed by atoms with Gasteiger partial charge in [-0.15, -0.1) is 0 Å². The lowest BCUT2D eigenvalue weighted by molar-refractivity contribution is 0.0319. The quantitative estimate of drug-likeness (QED) is 0.540. The molecule has 3 aliphatic rings. The summed E-state index contributed by atoms with van der Waals surface area (Å²) in [4.78, 5) is 2.41. The summed E-state index contributed by atoms with van der Waals surface area (Å²) in [7, 11) is 0. The third-order valence-corrected chi connectivity index (χ3v) is 7.73. The van der Waals surface area contributed by atoms with Crippen LogP contribution in [0.5, 0.6) is 11.5 Å². The molecule has 1 saturated carbocycles. The highest BCUT2D eigenvalue weighted by molar-refractivity contribution is 5.55. The maximum Gasteiger partial charge on any atom is 0.132 e. The molecule has 0 bridgehead atoms. The lowest BCUT2D eigenvalue weighted by atomic mass is 9.78. The van der Waals surface area contributed by atoms with Crippen LogP contribution in [0.3, 0.4) is 0 Å². The van der Waals surface area contributed by atoms with Crippen LogP contribution in [0.25, 0.3) is 0 Å². The van der Waals surface area contributed by atoms with E-state index in [-0.39, 0.29) is 17.4 Å². The summed E-state index contributed by atoms with van der Waals surface area (Å²) in [6.45, 7) is 12.1. The Hall–Kier alpha value is -1.30. The molecule has 0 spiro atoms. The normalized spacial score (nSPS) is 26.2. The lowest BCUT2D eigenvalue weighted by Gasteiger charge is -2.28. The molecule has 0 aromatic heterocycles. The molecule has 1 aromatic carbocycles. The lowest BCUT2D eigenvalue weighted by Crippen LogP contribution is -2.38. The third kappa shape index (κ3) is 5.43. The zero-order valence-electron chi connectivity index (χ0n) is 20.4. The Labute approximate surface area is 194 Å². The van der Waals surface area contributed by atoms with Gasteiger partial charge < -0.3 is 19.3 Å². The number of fused-ring (bicyclic) bond motifs is 3. The van der Waals surface area contributed by atoms with Gasteiger partial charge >= 0.3 is 0 Å². The average molecular weight is 446 g/mol. The number of morpholine rings is 1. The Morgan fingerprint density at radius 2 is 1.91 bits per heavy atom. The van der Waals surface area contributed by atoms with Crippen molar-refractivity contribution in [3.63, 3.8) is 0 Å². The highest BCUT2D eigenvalue weighted by Gasteiger charge is 2.43. The molecule has 3 atom stereocenters. The van der Waals surface area contributed by atoms with E-state index in [0.717, 1.165) is 76.5 Å². The van der Waals surface area contributed by atoms with Crippen molar-refractivity contribution in [3.05, 3.63) is 23.3 Å². The second-order valence-electron chi connectivity index (χ2n) is 10.6. The monoisotopic (exact) mass is 445 g/mol. The van der Waals surface area contributed by atoms with E-state index in [9.17, 15) is 5.11 Å². The second kappa shape index (κ2) is 10.8. The molecule has 180 valence electrons. The van der Waals surface area contributed by atoms with Crippen LogP contribution in [0.1, 0.15) is 89.2 Å². The van der Waals surface area contributed by atoms with Gasteiger partial charge in [-0.1, -0.05) is 52.9 Å². The Morgan fingerprint density at radius 3 is 2.69 bits per heavy atom. The van der Waals surface area contributed by atoms with Crippen molar-refractivity contribution >= 4 is 0 Å². The summed E-state index contributed by atoms with van der Waals surface area (Å²) >= 11 is 0. The predicted molar refractivity (Wildman–Crippen MR) is 128 cm³/mol. The van der Waals surface area contributed by atoms with Gasteiger partial charge in [0.15, 0.2) is 0 Å². The summed E-state index contributed by atoms with van der Waals surface area (Å²) in [5.74, 6) is 2.16. The maximum atomic E-state index is 10.8. The molecular weight excluding hydrogens is 402 g/mol. The highest BCUT2D eigenvalue weighted by Crippen LogP contribution is 2.51. The minimum absolute atomic E-state index is 0.0686. The molecule has 4 rings (SSSR count). The fourth-order valence-corrected chi connectivity index (χ4v) is 5.58. The molecule has 1 aromatic rings.